The van der Waals surface area contributed by atoms with Crippen molar-refractivity contribution < 1.29 is 14.7 Å². The van der Waals surface area contributed by atoms with Gasteiger partial charge in [-0.2, -0.15) is 0 Å². The summed E-state index contributed by atoms with van der Waals surface area (Å²) in [6.45, 7) is 0.506. The number of aliphatic hydroxyl groups excluding tert-OH is 1. The van der Waals surface area contributed by atoms with Gasteiger partial charge in [0.1, 0.15) is 0 Å². The van der Waals surface area contributed by atoms with Crippen LogP contribution in [0, 0.1) is 0 Å². The Morgan fingerprint density at radius 1 is 1.28 bits per heavy atom. The first-order valence-electron chi connectivity index (χ1n) is 6.02. The second-order valence-electron chi connectivity index (χ2n) is 4.29. The fourth-order valence-electron chi connectivity index (χ4n) is 1.90. The molecule has 2 rings (SSSR count). The van der Waals surface area contributed by atoms with Gasteiger partial charge in [0.05, 0.1) is 0 Å². The monoisotopic (exact) mass is 248 g/mol. The lowest BCUT2D eigenvalue weighted by Crippen LogP contribution is -2.49. The SMILES string of the molecule is O=C(NN1CCCCC1=O)C(O)c1ccccc1. The van der Waals surface area contributed by atoms with Gasteiger partial charge < -0.3 is 5.11 Å². The first kappa shape index (κ1) is 12.6. The molecule has 0 saturated carbocycles. The van der Waals surface area contributed by atoms with Crippen LogP contribution in [0.3, 0.4) is 0 Å². The Balaban J connectivity index is 1.97. The van der Waals surface area contributed by atoms with E-state index < -0.39 is 12.0 Å². The highest BCUT2D eigenvalue weighted by Crippen LogP contribution is 2.13. The summed E-state index contributed by atoms with van der Waals surface area (Å²) < 4.78 is 0. The maximum absolute atomic E-state index is 11.8. The molecule has 0 aromatic heterocycles. The Bertz CT molecular complexity index is 433. The molecule has 5 heteroatoms. The van der Waals surface area contributed by atoms with Crippen LogP contribution in [0.25, 0.3) is 0 Å². The predicted molar refractivity (Wildman–Crippen MR) is 65.1 cm³/mol. The van der Waals surface area contributed by atoms with Gasteiger partial charge in [-0.05, 0) is 18.4 Å². The molecule has 1 unspecified atom stereocenters. The topological polar surface area (TPSA) is 69.6 Å². The van der Waals surface area contributed by atoms with Gasteiger partial charge in [0.25, 0.3) is 5.91 Å². The summed E-state index contributed by atoms with van der Waals surface area (Å²) in [6.07, 6.45) is 0.919. The smallest absolute Gasteiger partial charge is 0.272 e. The molecule has 1 aliphatic heterocycles. The van der Waals surface area contributed by atoms with E-state index in [1.165, 1.54) is 5.01 Å². The minimum atomic E-state index is -1.25. The fourth-order valence-corrected chi connectivity index (χ4v) is 1.90. The van der Waals surface area contributed by atoms with E-state index >= 15 is 0 Å². The number of nitrogens with one attached hydrogen (secondary N) is 1. The zero-order valence-electron chi connectivity index (χ0n) is 10.0. The summed E-state index contributed by atoms with van der Waals surface area (Å²) in [5.74, 6) is -0.675. The van der Waals surface area contributed by atoms with Gasteiger partial charge in [0, 0.05) is 13.0 Å². The Morgan fingerprint density at radius 3 is 2.67 bits per heavy atom. The lowest BCUT2D eigenvalue weighted by Gasteiger charge is -2.27. The average Bonchev–Trinajstić information content (AvgIpc) is 2.41. The molecule has 1 aromatic carbocycles. The van der Waals surface area contributed by atoms with E-state index in [0.717, 1.165) is 12.8 Å². The normalized spacial score (nSPS) is 17.4. The third-order valence-electron chi connectivity index (χ3n) is 2.93. The summed E-state index contributed by atoms with van der Waals surface area (Å²) in [6, 6.07) is 8.64. The zero-order chi connectivity index (χ0) is 13.0. The van der Waals surface area contributed by atoms with Crippen LogP contribution in [0.5, 0.6) is 0 Å². The molecule has 1 saturated heterocycles. The van der Waals surface area contributed by atoms with Crippen LogP contribution in [0.2, 0.25) is 0 Å². The number of aliphatic hydroxyl groups is 1. The van der Waals surface area contributed by atoms with Crippen molar-refractivity contribution in [2.75, 3.05) is 6.54 Å². The molecule has 0 bridgehead atoms. The molecule has 18 heavy (non-hydrogen) atoms. The lowest BCUT2D eigenvalue weighted by atomic mass is 10.1. The maximum atomic E-state index is 11.8. The molecule has 1 aromatic rings. The van der Waals surface area contributed by atoms with Gasteiger partial charge in [0.15, 0.2) is 6.10 Å². The van der Waals surface area contributed by atoms with E-state index in [1.807, 2.05) is 6.07 Å². The van der Waals surface area contributed by atoms with Gasteiger partial charge in [-0.3, -0.25) is 20.0 Å². The number of nitrogens with zero attached hydrogens (tertiary/aromatic N) is 1. The Kier molecular flexibility index (Phi) is 3.94. The first-order valence-corrected chi connectivity index (χ1v) is 6.02. The van der Waals surface area contributed by atoms with Crippen LogP contribution in [0.4, 0.5) is 0 Å². The van der Waals surface area contributed by atoms with Gasteiger partial charge in [-0.1, -0.05) is 30.3 Å². The molecular weight excluding hydrogens is 232 g/mol. The molecule has 0 radical (unpaired) electrons. The largest absolute Gasteiger partial charge is 0.378 e. The highest BCUT2D eigenvalue weighted by Gasteiger charge is 2.24. The molecule has 0 spiro atoms. The Hall–Kier alpha value is -1.88. The van der Waals surface area contributed by atoms with E-state index in [9.17, 15) is 14.7 Å². The van der Waals surface area contributed by atoms with Crippen LogP contribution in [-0.4, -0.2) is 28.5 Å². The highest BCUT2D eigenvalue weighted by atomic mass is 16.3. The minimum absolute atomic E-state index is 0.102. The molecule has 2 amide bonds. The van der Waals surface area contributed by atoms with Crippen molar-refractivity contribution in [3.8, 4) is 0 Å². The molecular formula is C13H16N2O3. The molecule has 5 nitrogen and oxygen atoms in total. The van der Waals surface area contributed by atoms with Crippen molar-refractivity contribution in [2.45, 2.75) is 25.4 Å². The average molecular weight is 248 g/mol. The lowest BCUT2D eigenvalue weighted by molar-refractivity contribution is -0.147. The molecule has 1 atom stereocenters. The van der Waals surface area contributed by atoms with Crippen LogP contribution in [-0.2, 0) is 9.59 Å². The zero-order valence-corrected chi connectivity index (χ0v) is 10.0. The first-order chi connectivity index (χ1) is 8.68. The van der Waals surface area contributed by atoms with Crippen molar-refractivity contribution in [1.29, 1.82) is 0 Å². The van der Waals surface area contributed by atoms with Gasteiger partial charge in [-0.15, -0.1) is 0 Å². The summed E-state index contributed by atoms with van der Waals surface area (Å²) >= 11 is 0. The Labute approximate surface area is 105 Å². The molecule has 1 aliphatic rings. The van der Waals surface area contributed by atoms with Crippen LogP contribution >= 0.6 is 0 Å². The number of carbonyl (C=O) groups excluding carboxylic acids is 2. The second kappa shape index (κ2) is 5.64. The maximum Gasteiger partial charge on any atom is 0.272 e. The number of carbonyl (C=O) groups is 2. The van der Waals surface area contributed by atoms with Crippen LogP contribution in [0.1, 0.15) is 30.9 Å². The van der Waals surface area contributed by atoms with Crippen molar-refractivity contribution in [1.82, 2.24) is 10.4 Å². The number of hydrogen-bond donors (Lipinski definition) is 2. The van der Waals surface area contributed by atoms with E-state index in [1.54, 1.807) is 24.3 Å². The molecule has 0 aliphatic carbocycles. The fraction of sp³-hybridized carbons (Fsp3) is 0.385. The van der Waals surface area contributed by atoms with Crippen molar-refractivity contribution >= 4 is 11.8 Å². The number of benzene rings is 1. The number of piperidine rings is 1. The van der Waals surface area contributed by atoms with Gasteiger partial charge >= 0.3 is 0 Å². The van der Waals surface area contributed by atoms with Crippen LogP contribution in [0.15, 0.2) is 30.3 Å². The predicted octanol–water partition coefficient (Wildman–Crippen LogP) is 0.764. The Morgan fingerprint density at radius 2 is 2.00 bits per heavy atom. The van der Waals surface area contributed by atoms with Gasteiger partial charge in [-0.25, -0.2) is 0 Å². The van der Waals surface area contributed by atoms with E-state index in [4.69, 9.17) is 0 Å². The third kappa shape index (κ3) is 2.87. The number of hydrogen-bond acceptors (Lipinski definition) is 3. The highest BCUT2D eigenvalue weighted by molar-refractivity contribution is 5.85. The number of amides is 2. The summed E-state index contributed by atoms with van der Waals surface area (Å²) in [5.41, 5.74) is 2.98. The van der Waals surface area contributed by atoms with E-state index in [2.05, 4.69) is 5.43 Å². The van der Waals surface area contributed by atoms with Crippen LogP contribution < -0.4 is 5.43 Å². The molecule has 2 N–H and O–H groups in total. The number of hydrazine groups is 1. The van der Waals surface area contributed by atoms with Crippen molar-refractivity contribution in [3.05, 3.63) is 35.9 Å². The van der Waals surface area contributed by atoms with Crippen molar-refractivity contribution in [3.63, 3.8) is 0 Å². The number of rotatable bonds is 3. The van der Waals surface area contributed by atoms with Crippen molar-refractivity contribution in [2.24, 2.45) is 0 Å². The van der Waals surface area contributed by atoms with E-state index in [0.29, 0.717) is 18.5 Å². The molecule has 96 valence electrons. The molecule has 1 fully saturated rings. The summed E-state index contributed by atoms with van der Waals surface area (Å²) in [4.78, 5) is 23.3. The third-order valence-corrected chi connectivity index (χ3v) is 2.93. The second-order valence-corrected chi connectivity index (χ2v) is 4.29. The molecule has 1 heterocycles. The quantitative estimate of drug-likeness (QED) is 0.830. The minimum Gasteiger partial charge on any atom is -0.378 e. The summed E-state index contributed by atoms with van der Waals surface area (Å²) in [7, 11) is 0. The van der Waals surface area contributed by atoms with E-state index in [-0.39, 0.29) is 5.91 Å². The standard InChI is InChI=1S/C13H16N2O3/c16-11-8-4-5-9-15(11)14-13(18)12(17)10-6-2-1-3-7-10/h1-3,6-7,12,17H,4-5,8-9H2,(H,14,18). The summed E-state index contributed by atoms with van der Waals surface area (Å²) in [5, 5.41) is 11.1. The van der Waals surface area contributed by atoms with Gasteiger partial charge in [0.2, 0.25) is 5.91 Å².